The van der Waals surface area contributed by atoms with Crippen LogP contribution in [0.5, 0.6) is 0 Å². The van der Waals surface area contributed by atoms with Gasteiger partial charge in [0.1, 0.15) is 17.1 Å². The van der Waals surface area contributed by atoms with E-state index in [0.29, 0.717) is 0 Å². The maximum Gasteiger partial charge on any atom is 0.124 e. The van der Waals surface area contributed by atoms with Crippen LogP contribution in [0.4, 0.5) is 4.39 Å². The van der Waals surface area contributed by atoms with Gasteiger partial charge in [0.05, 0.1) is 16.3 Å². The van der Waals surface area contributed by atoms with Gasteiger partial charge in [-0.25, -0.2) is 9.37 Å². The molecule has 94 valence electrons. The third-order valence-electron chi connectivity index (χ3n) is 3.30. The lowest BCUT2D eigenvalue weighted by Gasteiger charge is -2.25. The minimum atomic E-state index is -0.236. The maximum atomic E-state index is 13.1. The van der Waals surface area contributed by atoms with Gasteiger partial charge in [0.15, 0.2) is 0 Å². The number of piperidine rings is 1. The zero-order valence-electron chi connectivity index (χ0n) is 9.73. The van der Waals surface area contributed by atoms with Crippen molar-refractivity contribution >= 4 is 27.8 Å². The minimum absolute atomic E-state index is 0.111. The molecule has 2 aromatic rings. The van der Waals surface area contributed by atoms with Crippen molar-refractivity contribution in [1.29, 1.82) is 0 Å². The van der Waals surface area contributed by atoms with Crippen molar-refractivity contribution in [3.05, 3.63) is 29.0 Å². The normalized spacial score (nSPS) is 24.3. The SMILES string of the molecule is O=CC1CCNC(c2nc3ccc(F)cc3s2)C1. The molecule has 1 saturated heterocycles. The summed E-state index contributed by atoms with van der Waals surface area (Å²) in [5, 5.41) is 4.32. The number of carbonyl (C=O) groups excluding carboxylic acids is 1. The lowest BCUT2D eigenvalue weighted by Crippen LogP contribution is -2.32. The van der Waals surface area contributed by atoms with Crippen LogP contribution >= 0.6 is 11.3 Å². The molecule has 3 nitrogen and oxygen atoms in total. The highest BCUT2D eigenvalue weighted by Crippen LogP contribution is 2.32. The molecule has 1 N–H and O–H groups in total. The highest BCUT2D eigenvalue weighted by atomic mass is 32.1. The number of rotatable bonds is 2. The highest BCUT2D eigenvalue weighted by Gasteiger charge is 2.24. The van der Waals surface area contributed by atoms with E-state index < -0.39 is 0 Å². The first-order chi connectivity index (χ1) is 8.76. The minimum Gasteiger partial charge on any atom is -0.308 e. The van der Waals surface area contributed by atoms with Crippen LogP contribution in [0.1, 0.15) is 23.9 Å². The van der Waals surface area contributed by atoms with E-state index in [4.69, 9.17) is 0 Å². The summed E-state index contributed by atoms with van der Waals surface area (Å²) in [5.74, 6) is -0.125. The fourth-order valence-corrected chi connectivity index (χ4v) is 3.40. The predicted molar refractivity (Wildman–Crippen MR) is 69.1 cm³/mol. The van der Waals surface area contributed by atoms with Crippen LogP contribution in [0.2, 0.25) is 0 Å². The van der Waals surface area contributed by atoms with Crippen molar-refractivity contribution < 1.29 is 9.18 Å². The number of thiazole rings is 1. The van der Waals surface area contributed by atoms with Crippen LogP contribution in [0.3, 0.4) is 0 Å². The Bertz CT molecular complexity index is 583. The molecule has 2 unspecified atom stereocenters. The van der Waals surface area contributed by atoms with Gasteiger partial charge in [0.2, 0.25) is 0 Å². The number of fused-ring (bicyclic) bond motifs is 1. The fourth-order valence-electron chi connectivity index (χ4n) is 2.32. The standard InChI is InChI=1S/C13H13FN2OS/c14-9-1-2-10-12(6-9)18-13(16-10)11-5-8(7-17)3-4-15-11/h1-2,6-8,11,15H,3-5H2. The van der Waals surface area contributed by atoms with Gasteiger partial charge in [-0.2, -0.15) is 0 Å². The van der Waals surface area contributed by atoms with Crippen molar-refractivity contribution in [2.75, 3.05) is 6.54 Å². The number of carbonyl (C=O) groups is 1. The fraction of sp³-hybridized carbons (Fsp3) is 0.385. The van der Waals surface area contributed by atoms with Crippen molar-refractivity contribution in [3.63, 3.8) is 0 Å². The molecule has 0 bridgehead atoms. The van der Waals surface area contributed by atoms with Gasteiger partial charge in [-0.1, -0.05) is 0 Å². The Labute approximate surface area is 108 Å². The highest BCUT2D eigenvalue weighted by molar-refractivity contribution is 7.18. The monoisotopic (exact) mass is 264 g/mol. The summed E-state index contributed by atoms with van der Waals surface area (Å²) >= 11 is 1.50. The summed E-state index contributed by atoms with van der Waals surface area (Å²) in [6, 6.07) is 4.75. The molecule has 0 spiro atoms. The smallest absolute Gasteiger partial charge is 0.124 e. The van der Waals surface area contributed by atoms with Gasteiger partial charge in [-0.05, 0) is 37.6 Å². The Hall–Kier alpha value is -1.33. The van der Waals surface area contributed by atoms with Gasteiger partial charge < -0.3 is 10.1 Å². The number of hydrogen-bond acceptors (Lipinski definition) is 4. The number of aldehydes is 1. The third-order valence-corrected chi connectivity index (χ3v) is 4.43. The zero-order chi connectivity index (χ0) is 12.5. The Morgan fingerprint density at radius 2 is 2.39 bits per heavy atom. The molecule has 0 saturated carbocycles. The molecular formula is C13H13FN2OS. The summed E-state index contributed by atoms with van der Waals surface area (Å²) < 4.78 is 14.0. The van der Waals surface area contributed by atoms with E-state index in [0.717, 1.165) is 40.9 Å². The first-order valence-electron chi connectivity index (χ1n) is 6.01. The van der Waals surface area contributed by atoms with E-state index in [9.17, 15) is 9.18 Å². The Balaban J connectivity index is 1.91. The molecule has 2 atom stereocenters. The summed E-state index contributed by atoms with van der Waals surface area (Å²) in [5.41, 5.74) is 0.825. The molecule has 1 aromatic heterocycles. The number of halogens is 1. The number of benzene rings is 1. The molecule has 1 fully saturated rings. The van der Waals surface area contributed by atoms with Crippen molar-refractivity contribution in [2.24, 2.45) is 5.92 Å². The van der Waals surface area contributed by atoms with Crippen LogP contribution in [0.25, 0.3) is 10.2 Å². The maximum absolute atomic E-state index is 13.1. The van der Waals surface area contributed by atoms with E-state index >= 15 is 0 Å². The molecule has 3 rings (SSSR count). The third kappa shape index (κ3) is 2.15. The van der Waals surface area contributed by atoms with Crippen LogP contribution in [-0.2, 0) is 4.79 Å². The van der Waals surface area contributed by atoms with E-state index in [2.05, 4.69) is 10.3 Å². The average molecular weight is 264 g/mol. The lowest BCUT2D eigenvalue weighted by molar-refractivity contribution is -0.112. The molecular weight excluding hydrogens is 251 g/mol. The zero-order valence-corrected chi connectivity index (χ0v) is 10.5. The second-order valence-corrected chi connectivity index (χ2v) is 5.65. The predicted octanol–water partition coefficient (Wildman–Crippen LogP) is 2.68. The van der Waals surface area contributed by atoms with E-state index in [1.807, 2.05) is 0 Å². The van der Waals surface area contributed by atoms with E-state index in [-0.39, 0.29) is 17.8 Å². The Morgan fingerprint density at radius 1 is 1.50 bits per heavy atom. The average Bonchev–Trinajstić information content (AvgIpc) is 2.81. The van der Waals surface area contributed by atoms with Crippen LogP contribution in [-0.4, -0.2) is 17.8 Å². The van der Waals surface area contributed by atoms with Crippen LogP contribution < -0.4 is 5.32 Å². The topological polar surface area (TPSA) is 42.0 Å². The molecule has 5 heteroatoms. The van der Waals surface area contributed by atoms with Crippen molar-refractivity contribution in [1.82, 2.24) is 10.3 Å². The molecule has 1 aliphatic rings. The van der Waals surface area contributed by atoms with Crippen molar-refractivity contribution in [2.45, 2.75) is 18.9 Å². The van der Waals surface area contributed by atoms with E-state index in [1.165, 1.54) is 23.5 Å². The first kappa shape index (κ1) is 11.7. The van der Waals surface area contributed by atoms with Gasteiger partial charge in [0, 0.05) is 5.92 Å². The van der Waals surface area contributed by atoms with E-state index in [1.54, 1.807) is 6.07 Å². The number of hydrogen-bond donors (Lipinski definition) is 1. The summed E-state index contributed by atoms with van der Waals surface area (Å²) in [6.45, 7) is 0.832. The largest absolute Gasteiger partial charge is 0.308 e. The molecule has 2 heterocycles. The number of nitrogens with one attached hydrogen (secondary N) is 1. The summed E-state index contributed by atoms with van der Waals surface area (Å²) in [4.78, 5) is 15.4. The lowest BCUT2D eigenvalue weighted by atomic mass is 9.94. The van der Waals surface area contributed by atoms with Crippen molar-refractivity contribution in [3.8, 4) is 0 Å². The number of aromatic nitrogens is 1. The Morgan fingerprint density at radius 3 is 3.22 bits per heavy atom. The van der Waals surface area contributed by atoms with Gasteiger partial charge in [-0.3, -0.25) is 0 Å². The second kappa shape index (κ2) is 4.74. The second-order valence-electron chi connectivity index (χ2n) is 4.59. The number of nitrogens with zero attached hydrogens (tertiary/aromatic N) is 1. The molecule has 1 aromatic carbocycles. The van der Waals surface area contributed by atoms with Gasteiger partial charge in [-0.15, -0.1) is 11.3 Å². The molecule has 0 amide bonds. The first-order valence-corrected chi connectivity index (χ1v) is 6.82. The van der Waals surface area contributed by atoms with Crippen LogP contribution in [0.15, 0.2) is 18.2 Å². The Kier molecular flexibility index (Phi) is 3.09. The summed E-state index contributed by atoms with van der Waals surface area (Å²) in [7, 11) is 0. The summed E-state index contributed by atoms with van der Waals surface area (Å²) in [6.07, 6.45) is 2.70. The molecule has 1 aliphatic heterocycles. The van der Waals surface area contributed by atoms with Crippen LogP contribution in [0, 0.1) is 11.7 Å². The molecule has 0 radical (unpaired) electrons. The van der Waals surface area contributed by atoms with Gasteiger partial charge >= 0.3 is 0 Å². The molecule has 0 aliphatic carbocycles. The molecule has 18 heavy (non-hydrogen) atoms. The quantitative estimate of drug-likeness (QED) is 0.848. The van der Waals surface area contributed by atoms with Gasteiger partial charge in [0.25, 0.3) is 0 Å².